The number of nitrogens with zero attached hydrogens (tertiary/aromatic N) is 2. The van der Waals surface area contributed by atoms with Crippen LogP contribution in [0, 0.1) is 17.3 Å². The molecular formula is C25H46N2O. The van der Waals surface area contributed by atoms with Crippen LogP contribution in [0.3, 0.4) is 0 Å². The van der Waals surface area contributed by atoms with Gasteiger partial charge in [0.15, 0.2) is 0 Å². The lowest BCUT2D eigenvalue weighted by Gasteiger charge is -2.56. The summed E-state index contributed by atoms with van der Waals surface area (Å²) in [6.45, 7) is 13.8. The standard InChI is InChI=1S/C23H40N2O.C2H6/c1-3-22(26)19-4-10-23(11-5-19)16-21(17-23)25-14-8-20(9-15-25)24-12-6-18(2)7-13-24;1-2/h18-21H,3-17H2,1-2H3;1-2H3. The SMILES string of the molecule is CC.CCC(=O)C1CCC2(CC1)CC(N1CCC(N3CCC(C)CC3)CC1)C2. The minimum atomic E-state index is 0.396. The predicted octanol–water partition coefficient (Wildman–Crippen LogP) is 5.53. The highest BCUT2D eigenvalue weighted by Gasteiger charge is 2.48. The van der Waals surface area contributed by atoms with Gasteiger partial charge >= 0.3 is 0 Å². The molecule has 0 aromatic rings. The third kappa shape index (κ3) is 5.01. The van der Waals surface area contributed by atoms with Crippen LogP contribution in [0.5, 0.6) is 0 Å². The first-order chi connectivity index (χ1) is 13.6. The van der Waals surface area contributed by atoms with Gasteiger partial charge in [0.05, 0.1) is 0 Å². The first-order valence-corrected chi connectivity index (χ1v) is 12.6. The molecule has 2 saturated heterocycles. The Morgan fingerprint density at radius 3 is 1.86 bits per heavy atom. The highest BCUT2D eigenvalue weighted by molar-refractivity contribution is 5.80. The Balaban J connectivity index is 0.00000109. The number of hydrogen-bond acceptors (Lipinski definition) is 3. The van der Waals surface area contributed by atoms with E-state index in [4.69, 9.17) is 0 Å². The lowest BCUT2D eigenvalue weighted by atomic mass is 9.56. The van der Waals surface area contributed by atoms with Crippen LogP contribution >= 0.6 is 0 Å². The molecule has 0 amide bonds. The number of carbonyl (C=O) groups excluding carboxylic acids is 1. The Morgan fingerprint density at radius 2 is 1.32 bits per heavy atom. The third-order valence-electron chi connectivity index (χ3n) is 8.54. The van der Waals surface area contributed by atoms with Crippen molar-refractivity contribution in [3.05, 3.63) is 0 Å². The summed E-state index contributed by atoms with van der Waals surface area (Å²) in [4.78, 5) is 17.6. The largest absolute Gasteiger partial charge is 0.300 e. The highest BCUT2D eigenvalue weighted by atomic mass is 16.1. The van der Waals surface area contributed by atoms with E-state index in [1.807, 2.05) is 20.8 Å². The van der Waals surface area contributed by atoms with E-state index in [0.717, 1.165) is 24.4 Å². The van der Waals surface area contributed by atoms with Gasteiger partial charge in [0.2, 0.25) is 0 Å². The van der Waals surface area contributed by atoms with Gasteiger partial charge < -0.3 is 9.80 Å². The lowest BCUT2D eigenvalue weighted by molar-refractivity contribution is -0.126. The number of ketones is 1. The molecule has 1 spiro atoms. The zero-order chi connectivity index (χ0) is 20.1. The van der Waals surface area contributed by atoms with Crippen LogP contribution in [-0.2, 0) is 4.79 Å². The molecule has 162 valence electrons. The fraction of sp³-hybridized carbons (Fsp3) is 0.960. The second-order valence-electron chi connectivity index (χ2n) is 10.1. The molecule has 2 aliphatic carbocycles. The Morgan fingerprint density at radius 1 is 0.821 bits per heavy atom. The molecule has 3 nitrogen and oxygen atoms in total. The smallest absolute Gasteiger partial charge is 0.135 e. The second-order valence-corrected chi connectivity index (χ2v) is 10.1. The molecule has 0 bridgehead atoms. The van der Waals surface area contributed by atoms with Crippen molar-refractivity contribution >= 4 is 5.78 Å². The number of likely N-dealkylation sites (tertiary alicyclic amines) is 2. The normalized spacial score (nSPS) is 35.9. The van der Waals surface area contributed by atoms with Crippen LogP contribution in [0.15, 0.2) is 0 Å². The monoisotopic (exact) mass is 390 g/mol. The highest BCUT2D eigenvalue weighted by Crippen LogP contribution is 2.54. The Labute approximate surface area is 174 Å². The number of rotatable bonds is 4. The maximum Gasteiger partial charge on any atom is 0.135 e. The molecule has 0 aromatic heterocycles. The molecule has 4 aliphatic rings. The third-order valence-corrected chi connectivity index (χ3v) is 8.54. The number of carbonyl (C=O) groups is 1. The molecule has 0 unspecified atom stereocenters. The predicted molar refractivity (Wildman–Crippen MR) is 119 cm³/mol. The van der Waals surface area contributed by atoms with Gasteiger partial charge in [-0.15, -0.1) is 0 Å². The van der Waals surface area contributed by atoms with E-state index < -0.39 is 0 Å². The molecule has 0 N–H and O–H groups in total. The van der Waals surface area contributed by atoms with Gasteiger partial charge in [-0.2, -0.15) is 0 Å². The van der Waals surface area contributed by atoms with E-state index in [1.165, 1.54) is 90.4 Å². The molecule has 0 radical (unpaired) electrons. The summed E-state index contributed by atoms with van der Waals surface area (Å²) >= 11 is 0. The molecule has 4 fully saturated rings. The molecule has 2 heterocycles. The fourth-order valence-corrected chi connectivity index (χ4v) is 6.46. The maximum atomic E-state index is 12.0. The number of hydrogen-bond donors (Lipinski definition) is 0. The average molecular weight is 391 g/mol. The summed E-state index contributed by atoms with van der Waals surface area (Å²) in [5, 5.41) is 0. The van der Waals surface area contributed by atoms with E-state index in [9.17, 15) is 4.79 Å². The van der Waals surface area contributed by atoms with E-state index >= 15 is 0 Å². The van der Waals surface area contributed by atoms with Gasteiger partial charge in [-0.25, -0.2) is 0 Å². The van der Waals surface area contributed by atoms with Gasteiger partial charge in [0, 0.05) is 24.4 Å². The Hall–Kier alpha value is -0.410. The number of piperidine rings is 2. The molecule has 2 saturated carbocycles. The Bertz CT molecular complexity index is 473. The van der Waals surface area contributed by atoms with Crippen molar-refractivity contribution < 1.29 is 4.79 Å². The molecule has 0 aromatic carbocycles. The molecule has 0 atom stereocenters. The average Bonchev–Trinajstić information content (AvgIpc) is 2.74. The summed E-state index contributed by atoms with van der Waals surface area (Å²) in [6.07, 6.45) is 14.2. The van der Waals surface area contributed by atoms with Crippen molar-refractivity contribution in [3.63, 3.8) is 0 Å². The van der Waals surface area contributed by atoms with Crippen LogP contribution < -0.4 is 0 Å². The maximum absolute atomic E-state index is 12.0. The van der Waals surface area contributed by atoms with Crippen molar-refractivity contribution in [2.45, 2.75) is 110 Å². The van der Waals surface area contributed by atoms with Crippen LogP contribution in [0.2, 0.25) is 0 Å². The van der Waals surface area contributed by atoms with Crippen molar-refractivity contribution in [2.75, 3.05) is 26.2 Å². The molecule has 4 rings (SSSR count). The van der Waals surface area contributed by atoms with Gasteiger partial charge in [-0.05, 0) is 102 Å². The summed E-state index contributed by atoms with van der Waals surface area (Å²) in [6, 6.07) is 1.72. The summed E-state index contributed by atoms with van der Waals surface area (Å²) in [5.74, 6) is 1.86. The van der Waals surface area contributed by atoms with E-state index in [1.54, 1.807) is 0 Å². The summed E-state index contributed by atoms with van der Waals surface area (Å²) in [5.41, 5.74) is 0.620. The first kappa shape index (κ1) is 22.3. The van der Waals surface area contributed by atoms with E-state index in [0.29, 0.717) is 17.1 Å². The zero-order valence-electron chi connectivity index (χ0n) is 19.2. The number of Topliss-reactive ketones (excluding diaryl/α,β-unsaturated/α-hetero) is 1. The molecule has 2 aliphatic heterocycles. The van der Waals surface area contributed by atoms with E-state index in [2.05, 4.69) is 16.7 Å². The molecule has 3 heteroatoms. The van der Waals surface area contributed by atoms with Crippen molar-refractivity contribution in [3.8, 4) is 0 Å². The van der Waals surface area contributed by atoms with Crippen LogP contribution in [-0.4, -0.2) is 53.8 Å². The summed E-state index contributed by atoms with van der Waals surface area (Å²) < 4.78 is 0. The van der Waals surface area contributed by atoms with Gasteiger partial charge in [0.25, 0.3) is 0 Å². The molecular weight excluding hydrogens is 344 g/mol. The van der Waals surface area contributed by atoms with E-state index in [-0.39, 0.29) is 0 Å². The fourth-order valence-electron chi connectivity index (χ4n) is 6.46. The van der Waals surface area contributed by atoms with Gasteiger partial charge in [0.1, 0.15) is 5.78 Å². The second kappa shape index (κ2) is 10.1. The first-order valence-electron chi connectivity index (χ1n) is 12.6. The van der Waals surface area contributed by atoms with Crippen LogP contribution in [0.4, 0.5) is 0 Å². The lowest BCUT2D eigenvalue weighted by Crippen LogP contribution is -2.56. The minimum Gasteiger partial charge on any atom is -0.300 e. The van der Waals surface area contributed by atoms with Crippen LogP contribution in [0.1, 0.15) is 98.3 Å². The topological polar surface area (TPSA) is 23.6 Å². The Kier molecular flexibility index (Phi) is 8.01. The van der Waals surface area contributed by atoms with Crippen molar-refractivity contribution in [1.29, 1.82) is 0 Å². The summed E-state index contributed by atoms with van der Waals surface area (Å²) in [7, 11) is 0. The molecule has 28 heavy (non-hydrogen) atoms. The zero-order valence-corrected chi connectivity index (χ0v) is 19.2. The van der Waals surface area contributed by atoms with Crippen molar-refractivity contribution in [1.82, 2.24) is 9.80 Å². The minimum absolute atomic E-state index is 0.396. The van der Waals surface area contributed by atoms with Crippen molar-refractivity contribution in [2.24, 2.45) is 17.3 Å². The van der Waals surface area contributed by atoms with Gasteiger partial charge in [-0.1, -0.05) is 27.7 Å². The van der Waals surface area contributed by atoms with Gasteiger partial charge in [-0.3, -0.25) is 4.79 Å². The quantitative estimate of drug-likeness (QED) is 0.631. The van der Waals surface area contributed by atoms with Crippen LogP contribution in [0.25, 0.3) is 0 Å².